The van der Waals surface area contributed by atoms with E-state index in [1.165, 1.54) is 16.0 Å². The number of fused-ring (bicyclic) bond motifs is 1. The number of halogens is 1. The van der Waals surface area contributed by atoms with Crippen LogP contribution in [0.5, 0.6) is 5.75 Å². The highest BCUT2D eigenvalue weighted by atomic mass is 35.5. The molecule has 0 saturated carbocycles. The Kier molecular flexibility index (Phi) is 5.84. The molecular formula is C24H24ClN2O2+. The van der Waals surface area contributed by atoms with Crippen LogP contribution >= 0.6 is 11.6 Å². The van der Waals surface area contributed by atoms with Gasteiger partial charge < -0.3 is 15.0 Å². The second kappa shape index (κ2) is 8.68. The number of amides is 1. The molecule has 29 heavy (non-hydrogen) atoms. The molecule has 148 valence electrons. The van der Waals surface area contributed by atoms with Crippen molar-refractivity contribution in [1.82, 2.24) is 0 Å². The van der Waals surface area contributed by atoms with Crippen LogP contribution in [0.4, 0.5) is 5.69 Å². The molecule has 3 aromatic rings. The van der Waals surface area contributed by atoms with Crippen LogP contribution in [0.15, 0.2) is 72.8 Å². The Morgan fingerprint density at radius 2 is 1.76 bits per heavy atom. The van der Waals surface area contributed by atoms with Crippen LogP contribution in [0.3, 0.4) is 0 Å². The summed E-state index contributed by atoms with van der Waals surface area (Å²) in [5.41, 5.74) is 4.37. The van der Waals surface area contributed by atoms with Gasteiger partial charge in [0.05, 0.1) is 18.7 Å². The minimum absolute atomic E-state index is 0.0354. The van der Waals surface area contributed by atoms with Crippen molar-refractivity contribution in [2.24, 2.45) is 0 Å². The maximum absolute atomic E-state index is 13.4. The average Bonchev–Trinajstić information content (AvgIpc) is 2.75. The third kappa shape index (κ3) is 4.29. The molecule has 0 aromatic heterocycles. The van der Waals surface area contributed by atoms with E-state index in [1.54, 1.807) is 19.2 Å². The number of benzene rings is 3. The number of rotatable bonds is 5. The zero-order valence-electron chi connectivity index (χ0n) is 16.3. The summed E-state index contributed by atoms with van der Waals surface area (Å²) in [7, 11) is 1.57. The highest BCUT2D eigenvalue weighted by Gasteiger charge is 2.34. The number of anilines is 1. The number of ether oxygens (including phenoxy) is 1. The third-order valence-electron chi connectivity index (χ3n) is 5.47. The largest absolute Gasteiger partial charge is 0.495 e. The normalized spacial score (nSPS) is 16.6. The van der Waals surface area contributed by atoms with Crippen LogP contribution in [-0.2, 0) is 17.8 Å². The minimum Gasteiger partial charge on any atom is -0.495 e. The van der Waals surface area contributed by atoms with Gasteiger partial charge in [0.1, 0.15) is 12.3 Å². The molecule has 1 amide bonds. The van der Waals surface area contributed by atoms with Crippen LogP contribution < -0.4 is 15.0 Å². The lowest BCUT2D eigenvalue weighted by Crippen LogP contribution is -3.13. The van der Waals surface area contributed by atoms with Crippen molar-refractivity contribution in [1.29, 1.82) is 0 Å². The first-order valence-electron chi connectivity index (χ1n) is 9.76. The predicted octanol–water partition coefficient (Wildman–Crippen LogP) is 3.67. The monoisotopic (exact) mass is 407 g/mol. The Balaban J connectivity index is 1.61. The SMILES string of the molecule is COc1ccc(NC(=O)[C@H](c2ccccc2)[NH+]2CCc3ccccc3C2)cc1Cl. The molecule has 4 rings (SSSR count). The van der Waals surface area contributed by atoms with E-state index < -0.39 is 0 Å². The summed E-state index contributed by atoms with van der Waals surface area (Å²) in [6, 6.07) is 23.5. The number of nitrogens with one attached hydrogen (secondary N) is 2. The number of carbonyl (C=O) groups excluding carboxylic acids is 1. The van der Waals surface area contributed by atoms with Gasteiger partial charge in [0.15, 0.2) is 6.04 Å². The Morgan fingerprint density at radius 1 is 1.03 bits per heavy atom. The fourth-order valence-electron chi connectivity index (χ4n) is 4.03. The van der Waals surface area contributed by atoms with E-state index in [0.717, 1.165) is 25.1 Å². The molecule has 1 unspecified atom stereocenters. The van der Waals surface area contributed by atoms with Crippen LogP contribution in [0.1, 0.15) is 22.7 Å². The fourth-order valence-corrected chi connectivity index (χ4v) is 4.28. The Bertz CT molecular complexity index is 1010. The summed E-state index contributed by atoms with van der Waals surface area (Å²) in [6.07, 6.45) is 0.969. The lowest BCUT2D eigenvalue weighted by atomic mass is 9.96. The van der Waals surface area contributed by atoms with Gasteiger partial charge in [0.25, 0.3) is 5.91 Å². The van der Waals surface area contributed by atoms with Gasteiger partial charge in [-0.2, -0.15) is 0 Å². The number of hydrogen-bond acceptors (Lipinski definition) is 2. The lowest BCUT2D eigenvalue weighted by Gasteiger charge is -2.32. The van der Waals surface area contributed by atoms with Crippen LogP contribution in [0, 0.1) is 0 Å². The molecule has 0 aliphatic carbocycles. The van der Waals surface area contributed by atoms with Gasteiger partial charge in [-0.1, -0.05) is 66.2 Å². The van der Waals surface area contributed by atoms with E-state index >= 15 is 0 Å². The molecular weight excluding hydrogens is 384 g/mol. The summed E-state index contributed by atoms with van der Waals surface area (Å²) in [6.45, 7) is 1.74. The number of methoxy groups -OCH3 is 1. The molecule has 5 heteroatoms. The highest BCUT2D eigenvalue weighted by molar-refractivity contribution is 6.32. The quantitative estimate of drug-likeness (QED) is 0.677. The van der Waals surface area contributed by atoms with E-state index in [9.17, 15) is 4.79 Å². The molecule has 0 saturated heterocycles. The topological polar surface area (TPSA) is 42.8 Å². The van der Waals surface area contributed by atoms with Gasteiger partial charge in [-0.15, -0.1) is 0 Å². The number of quaternary nitrogens is 1. The first-order valence-corrected chi connectivity index (χ1v) is 10.1. The molecule has 2 atom stereocenters. The molecule has 2 N–H and O–H groups in total. The zero-order valence-corrected chi connectivity index (χ0v) is 17.1. The molecule has 0 spiro atoms. The van der Waals surface area contributed by atoms with Crippen LogP contribution in [-0.4, -0.2) is 19.6 Å². The van der Waals surface area contributed by atoms with Gasteiger partial charge >= 0.3 is 0 Å². The smallest absolute Gasteiger partial charge is 0.287 e. The van der Waals surface area contributed by atoms with E-state index in [-0.39, 0.29) is 11.9 Å². The Hall–Kier alpha value is -2.82. The van der Waals surface area contributed by atoms with Crippen molar-refractivity contribution in [3.63, 3.8) is 0 Å². The predicted molar refractivity (Wildman–Crippen MR) is 115 cm³/mol. The molecule has 0 bridgehead atoms. The molecule has 0 fully saturated rings. The highest BCUT2D eigenvalue weighted by Crippen LogP contribution is 2.27. The minimum atomic E-state index is -0.301. The second-order valence-corrected chi connectivity index (χ2v) is 7.69. The summed E-state index contributed by atoms with van der Waals surface area (Å²) >= 11 is 6.23. The summed E-state index contributed by atoms with van der Waals surface area (Å²) < 4.78 is 5.20. The van der Waals surface area contributed by atoms with Crippen molar-refractivity contribution < 1.29 is 14.4 Å². The van der Waals surface area contributed by atoms with E-state index in [1.807, 2.05) is 36.4 Å². The fraction of sp³-hybridized carbons (Fsp3) is 0.208. The molecule has 3 aromatic carbocycles. The lowest BCUT2D eigenvalue weighted by molar-refractivity contribution is -0.937. The van der Waals surface area contributed by atoms with Gasteiger partial charge in [0.2, 0.25) is 0 Å². The van der Waals surface area contributed by atoms with Gasteiger partial charge in [-0.25, -0.2) is 0 Å². The standard InChI is InChI=1S/C24H23ClN2O2/c1-29-22-12-11-20(15-21(22)25)26-24(28)23(18-8-3-2-4-9-18)27-14-13-17-7-5-6-10-19(17)16-27/h2-12,15,23H,13-14,16H2,1H3,(H,26,28)/p+1/t23-/m0/s1. The zero-order chi connectivity index (χ0) is 20.2. The number of carbonyl (C=O) groups is 1. The summed E-state index contributed by atoms with van der Waals surface area (Å²) in [5.74, 6) is 0.550. The Morgan fingerprint density at radius 3 is 2.48 bits per heavy atom. The molecule has 1 aliphatic heterocycles. The van der Waals surface area contributed by atoms with Crippen LogP contribution in [0.25, 0.3) is 0 Å². The number of hydrogen-bond donors (Lipinski definition) is 2. The molecule has 0 radical (unpaired) electrons. The Labute approximate surface area is 176 Å². The van der Waals surface area contributed by atoms with E-state index in [2.05, 4.69) is 29.6 Å². The van der Waals surface area contributed by atoms with E-state index in [4.69, 9.17) is 16.3 Å². The van der Waals surface area contributed by atoms with Crippen LogP contribution in [0.2, 0.25) is 5.02 Å². The molecule has 1 aliphatic rings. The van der Waals surface area contributed by atoms with Crippen molar-refractivity contribution in [2.45, 2.75) is 19.0 Å². The first kappa shape index (κ1) is 19.5. The maximum Gasteiger partial charge on any atom is 0.287 e. The van der Waals surface area contributed by atoms with Crippen molar-refractivity contribution in [3.8, 4) is 5.75 Å². The van der Waals surface area contributed by atoms with Crippen molar-refractivity contribution >= 4 is 23.2 Å². The van der Waals surface area contributed by atoms with Gasteiger partial charge in [0, 0.05) is 23.2 Å². The second-order valence-electron chi connectivity index (χ2n) is 7.29. The third-order valence-corrected chi connectivity index (χ3v) is 5.77. The van der Waals surface area contributed by atoms with Gasteiger partial charge in [-0.05, 0) is 23.8 Å². The molecule has 1 heterocycles. The first-order chi connectivity index (χ1) is 14.2. The average molecular weight is 408 g/mol. The van der Waals surface area contributed by atoms with Crippen molar-refractivity contribution in [3.05, 3.63) is 94.5 Å². The maximum atomic E-state index is 13.4. The van der Waals surface area contributed by atoms with Crippen molar-refractivity contribution in [2.75, 3.05) is 19.0 Å². The summed E-state index contributed by atoms with van der Waals surface area (Å²) in [5, 5.41) is 3.53. The van der Waals surface area contributed by atoms with Gasteiger partial charge in [-0.3, -0.25) is 4.79 Å². The summed E-state index contributed by atoms with van der Waals surface area (Å²) in [4.78, 5) is 14.6. The molecule has 4 nitrogen and oxygen atoms in total. The van der Waals surface area contributed by atoms with E-state index in [0.29, 0.717) is 16.5 Å².